The van der Waals surface area contributed by atoms with Crippen LogP contribution in [0.5, 0.6) is 0 Å². The first-order chi connectivity index (χ1) is 17.1. The van der Waals surface area contributed by atoms with E-state index in [1.165, 1.54) is 0 Å². The lowest BCUT2D eigenvalue weighted by Gasteiger charge is -2.41. The van der Waals surface area contributed by atoms with E-state index < -0.39 is 0 Å². The van der Waals surface area contributed by atoms with Crippen molar-refractivity contribution < 1.29 is 4.74 Å². The number of nitrogens with zero attached hydrogens (tertiary/aromatic N) is 4. The quantitative estimate of drug-likeness (QED) is 0.536. The number of nitrogens with one attached hydrogen (secondary N) is 2. The lowest BCUT2D eigenvalue weighted by molar-refractivity contribution is 0.133. The van der Waals surface area contributed by atoms with Gasteiger partial charge < -0.3 is 19.9 Å². The molecular formula is C25H33ClN6O3. The summed E-state index contributed by atoms with van der Waals surface area (Å²) in [5.41, 5.74) is 0.865. The van der Waals surface area contributed by atoms with Gasteiger partial charge in [-0.25, -0.2) is 4.79 Å². The number of hydrogen-bond donors (Lipinski definition) is 2. The van der Waals surface area contributed by atoms with Crippen molar-refractivity contribution in [2.24, 2.45) is 5.92 Å². The van der Waals surface area contributed by atoms with Crippen LogP contribution in [0.4, 0.5) is 11.5 Å². The van der Waals surface area contributed by atoms with Crippen LogP contribution in [-0.4, -0.2) is 66.2 Å². The Kier molecular flexibility index (Phi) is 6.12. The Balaban J connectivity index is 1.51. The summed E-state index contributed by atoms with van der Waals surface area (Å²) in [5, 5.41) is 4.23. The van der Waals surface area contributed by atoms with Gasteiger partial charge in [-0.2, -0.15) is 0 Å². The van der Waals surface area contributed by atoms with Crippen LogP contribution in [0.1, 0.15) is 37.8 Å². The van der Waals surface area contributed by atoms with Crippen LogP contribution in [0.2, 0.25) is 5.02 Å². The summed E-state index contributed by atoms with van der Waals surface area (Å²) in [6.07, 6.45) is 2.83. The maximum Gasteiger partial charge on any atom is 0.330 e. The lowest BCUT2D eigenvalue weighted by atomic mass is 10.1. The summed E-state index contributed by atoms with van der Waals surface area (Å²) < 4.78 is 7.59. The third-order valence-corrected chi connectivity index (χ3v) is 8.26. The zero-order valence-corrected chi connectivity index (χ0v) is 20.8. The highest BCUT2D eigenvalue weighted by Crippen LogP contribution is 2.46. The molecule has 1 aliphatic carbocycles. The predicted molar refractivity (Wildman–Crippen MR) is 136 cm³/mol. The largest absolute Gasteiger partial charge is 0.380 e. The Labute approximate surface area is 209 Å². The van der Waals surface area contributed by atoms with E-state index in [9.17, 15) is 9.59 Å². The van der Waals surface area contributed by atoms with Crippen molar-refractivity contribution in [1.29, 1.82) is 0 Å². The molecule has 35 heavy (non-hydrogen) atoms. The smallest absolute Gasteiger partial charge is 0.330 e. The van der Waals surface area contributed by atoms with Gasteiger partial charge in [0.25, 0.3) is 5.56 Å². The van der Waals surface area contributed by atoms with Crippen LogP contribution < -0.4 is 26.4 Å². The Morgan fingerprint density at radius 2 is 1.94 bits per heavy atom. The fraction of sp³-hybridized carbons (Fsp3) is 0.600. The van der Waals surface area contributed by atoms with Gasteiger partial charge in [0, 0.05) is 49.9 Å². The van der Waals surface area contributed by atoms with E-state index in [1.54, 1.807) is 0 Å². The molecule has 1 aromatic heterocycles. The number of fused-ring (bicyclic) bond motifs is 2. The monoisotopic (exact) mass is 500 g/mol. The van der Waals surface area contributed by atoms with Gasteiger partial charge >= 0.3 is 5.69 Å². The third kappa shape index (κ3) is 3.98. The molecule has 10 heteroatoms. The number of benzene rings is 1. The van der Waals surface area contributed by atoms with Crippen molar-refractivity contribution in [2.75, 3.05) is 49.2 Å². The molecule has 9 nitrogen and oxygen atoms in total. The molecule has 3 atom stereocenters. The van der Waals surface area contributed by atoms with Gasteiger partial charge in [0.2, 0.25) is 0 Å². The minimum absolute atomic E-state index is 0.128. The van der Waals surface area contributed by atoms with Gasteiger partial charge in [-0.05, 0) is 50.3 Å². The summed E-state index contributed by atoms with van der Waals surface area (Å²) in [6, 6.07) is 8.31. The molecule has 2 N–H and O–H groups in total. The first-order valence-corrected chi connectivity index (χ1v) is 13.2. The van der Waals surface area contributed by atoms with Gasteiger partial charge in [-0.1, -0.05) is 29.8 Å². The number of halogens is 1. The SMILES string of the molecule is CCOCCN1c2c(c(=O)[nH]c(=O)n2C2CC2)N(Cc2ccccc2Cl)C1N1CCC2CNCC21. The van der Waals surface area contributed by atoms with E-state index >= 15 is 0 Å². The second-order valence-electron chi connectivity index (χ2n) is 10.0. The normalized spacial score (nSPS) is 25.9. The van der Waals surface area contributed by atoms with Gasteiger partial charge in [-0.3, -0.25) is 19.2 Å². The summed E-state index contributed by atoms with van der Waals surface area (Å²) >= 11 is 6.60. The molecule has 4 aliphatic rings. The van der Waals surface area contributed by atoms with Crippen molar-refractivity contribution in [3.05, 3.63) is 55.7 Å². The summed E-state index contributed by atoms with van der Waals surface area (Å²) in [7, 11) is 0. The van der Waals surface area contributed by atoms with Crippen LogP contribution in [0.3, 0.4) is 0 Å². The van der Waals surface area contributed by atoms with Crippen molar-refractivity contribution >= 4 is 23.1 Å². The molecule has 3 aliphatic heterocycles. The summed E-state index contributed by atoms with van der Waals surface area (Å²) in [5.74, 6) is 1.32. The van der Waals surface area contributed by atoms with Crippen molar-refractivity contribution in [3.63, 3.8) is 0 Å². The maximum absolute atomic E-state index is 13.4. The topological polar surface area (TPSA) is 85.8 Å². The maximum atomic E-state index is 13.4. The van der Waals surface area contributed by atoms with Crippen LogP contribution in [0, 0.1) is 5.92 Å². The fourth-order valence-electron chi connectivity index (χ4n) is 6.15. The Hall–Kier alpha value is -2.33. The molecule has 188 valence electrons. The highest BCUT2D eigenvalue weighted by Gasteiger charge is 2.50. The molecule has 0 radical (unpaired) electrons. The summed E-state index contributed by atoms with van der Waals surface area (Å²) in [6.45, 7) is 7.12. The standard InChI is InChI=1S/C25H33ClN6O3/c1-2-35-12-11-30-23-21(22(33)28-24(34)32(23)18-7-8-18)31(15-17-5-3-4-6-19(17)26)25(30)29-10-9-16-13-27-14-20(16)29/h3-6,16,18,20,25,27H,2,7-15H2,1H3,(H,28,33,34). The average Bonchev–Trinajstić information content (AvgIpc) is 3.29. The van der Waals surface area contributed by atoms with E-state index in [-0.39, 0.29) is 23.6 Å². The number of likely N-dealkylation sites (tertiary alicyclic amines) is 1. The number of rotatable bonds is 8. The molecule has 2 aromatic rings. The highest BCUT2D eigenvalue weighted by atomic mass is 35.5. The van der Waals surface area contributed by atoms with Crippen LogP contribution in [0.25, 0.3) is 0 Å². The third-order valence-electron chi connectivity index (χ3n) is 7.89. The van der Waals surface area contributed by atoms with E-state index in [4.69, 9.17) is 16.3 Å². The average molecular weight is 501 g/mol. The number of aromatic nitrogens is 2. The zero-order valence-electron chi connectivity index (χ0n) is 20.1. The molecule has 0 spiro atoms. The molecule has 6 rings (SSSR count). The van der Waals surface area contributed by atoms with E-state index in [0.29, 0.717) is 49.0 Å². The minimum Gasteiger partial charge on any atom is -0.380 e. The second-order valence-corrected chi connectivity index (χ2v) is 10.4. The minimum atomic E-state index is -0.335. The van der Waals surface area contributed by atoms with Crippen molar-refractivity contribution in [2.45, 2.75) is 51.1 Å². The molecule has 2 saturated heterocycles. The first-order valence-electron chi connectivity index (χ1n) is 12.8. The van der Waals surface area contributed by atoms with Gasteiger partial charge in [0.15, 0.2) is 6.29 Å². The summed E-state index contributed by atoms with van der Waals surface area (Å²) in [4.78, 5) is 36.1. The zero-order chi connectivity index (χ0) is 24.1. The Bertz CT molecular complexity index is 1210. The van der Waals surface area contributed by atoms with Gasteiger partial charge in [-0.15, -0.1) is 0 Å². The number of anilines is 2. The molecular weight excluding hydrogens is 468 g/mol. The number of aromatic amines is 1. The van der Waals surface area contributed by atoms with Crippen molar-refractivity contribution in [3.8, 4) is 0 Å². The molecule has 0 amide bonds. The molecule has 1 aromatic carbocycles. The van der Waals surface area contributed by atoms with Crippen LogP contribution >= 0.6 is 11.6 Å². The van der Waals surface area contributed by atoms with Crippen LogP contribution in [-0.2, 0) is 11.3 Å². The Morgan fingerprint density at radius 1 is 1.11 bits per heavy atom. The number of hydrogen-bond acceptors (Lipinski definition) is 7. The number of H-pyrrole nitrogens is 1. The second kappa shape index (κ2) is 9.28. The highest BCUT2D eigenvalue weighted by molar-refractivity contribution is 6.31. The molecule has 3 fully saturated rings. The Morgan fingerprint density at radius 3 is 2.71 bits per heavy atom. The lowest BCUT2D eigenvalue weighted by Crippen LogP contribution is -2.58. The molecule has 3 unspecified atom stereocenters. The van der Waals surface area contributed by atoms with E-state index in [1.807, 2.05) is 35.8 Å². The first kappa shape index (κ1) is 23.1. The molecule has 0 bridgehead atoms. The predicted octanol–water partition coefficient (Wildman–Crippen LogP) is 1.97. The van der Waals surface area contributed by atoms with Gasteiger partial charge in [0.1, 0.15) is 11.5 Å². The van der Waals surface area contributed by atoms with Crippen LogP contribution in [0.15, 0.2) is 33.9 Å². The molecule has 4 heterocycles. The number of ether oxygens (including phenoxy) is 1. The molecule has 1 saturated carbocycles. The van der Waals surface area contributed by atoms with E-state index in [0.717, 1.165) is 50.3 Å². The van der Waals surface area contributed by atoms with E-state index in [2.05, 4.69) is 25.0 Å². The fourth-order valence-corrected chi connectivity index (χ4v) is 6.35. The van der Waals surface area contributed by atoms with Crippen molar-refractivity contribution in [1.82, 2.24) is 19.8 Å². The van der Waals surface area contributed by atoms with Gasteiger partial charge in [0.05, 0.1) is 6.61 Å².